The quantitative estimate of drug-likeness (QED) is 0.841. The van der Waals surface area contributed by atoms with Crippen molar-refractivity contribution in [3.8, 4) is 0 Å². The second kappa shape index (κ2) is 6.96. The Labute approximate surface area is 154 Å². The Morgan fingerprint density at radius 2 is 1.77 bits per heavy atom. The first-order chi connectivity index (χ1) is 12.2. The van der Waals surface area contributed by atoms with Gasteiger partial charge in [-0.1, -0.05) is 32.9 Å². The average molecular weight is 375 g/mol. The van der Waals surface area contributed by atoms with E-state index in [-0.39, 0.29) is 29.0 Å². The minimum absolute atomic E-state index is 0.0326. The summed E-state index contributed by atoms with van der Waals surface area (Å²) in [6.07, 6.45) is 2.20. The van der Waals surface area contributed by atoms with E-state index in [0.717, 1.165) is 24.1 Å². The first kappa shape index (κ1) is 18.8. The summed E-state index contributed by atoms with van der Waals surface area (Å²) in [5, 5.41) is 4.33. The SMILES string of the molecule is CC(C)(C)c1ccc(S(=O)(=O)NCCn2nc(C3CC3)ccc2=O)cc1. The summed E-state index contributed by atoms with van der Waals surface area (Å²) in [5.41, 5.74) is 1.73. The molecule has 7 heteroatoms. The molecule has 0 radical (unpaired) electrons. The van der Waals surface area contributed by atoms with Gasteiger partial charge in [-0.3, -0.25) is 4.79 Å². The van der Waals surface area contributed by atoms with E-state index in [1.54, 1.807) is 18.2 Å². The number of aromatic nitrogens is 2. The molecule has 0 unspecified atom stereocenters. The number of hydrogen-bond acceptors (Lipinski definition) is 4. The average Bonchev–Trinajstić information content (AvgIpc) is 3.41. The van der Waals surface area contributed by atoms with Crippen LogP contribution in [0.2, 0.25) is 0 Å². The molecule has 0 bridgehead atoms. The molecule has 26 heavy (non-hydrogen) atoms. The van der Waals surface area contributed by atoms with E-state index in [1.807, 2.05) is 12.1 Å². The molecular weight excluding hydrogens is 350 g/mol. The van der Waals surface area contributed by atoms with E-state index >= 15 is 0 Å². The zero-order valence-electron chi connectivity index (χ0n) is 15.4. The molecule has 3 rings (SSSR count). The van der Waals surface area contributed by atoms with E-state index < -0.39 is 10.0 Å². The fourth-order valence-corrected chi connectivity index (χ4v) is 3.75. The second-order valence-electron chi connectivity index (χ2n) is 7.77. The third kappa shape index (κ3) is 4.40. The molecule has 1 heterocycles. The minimum atomic E-state index is -3.61. The molecule has 1 aliphatic carbocycles. The Balaban J connectivity index is 1.65. The molecule has 0 atom stereocenters. The number of nitrogens with zero attached hydrogens (tertiary/aromatic N) is 2. The van der Waals surface area contributed by atoms with Crippen molar-refractivity contribution < 1.29 is 8.42 Å². The molecule has 0 spiro atoms. The standard InChI is InChI=1S/C19H25N3O3S/c1-19(2,3)15-6-8-16(9-7-15)26(24,25)20-12-13-22-18(23)11-10-17(21-22)14-4-5-14/h6-11,14,20H,4-5,12-13H2,1-3H3. The molecule has 0 amide bonds. The van der Waals surface area contributed by atoms with Crippen molar-refractivity contribution in [1.29, 1.82) is 0 Å². The van der Waals surface area contributed by atoms with Gasteiger partial charge in [0.1, 0.15) is 0 Å². The van der Waals surface area contributed by atoms with Crippen LogP contribution in [-0.4, -0.2) is 24.7 Å². The summed E-state index contributed by atoms with van der Waals surface area (Å²) in [6.45, 7) is 6.56. The van der Waals surface area contributed by atoms with Crippen LogP contribution in [0, 0.1) is 0 Å². The van der Waals surface area contributed by atoms with Gasteiger partial charge in [-0.05, 0) is 42.0 Å². The lowest BCUT2D eigenvalue weighted by Gasteiger charge is -2.19. The van der Waals surface area contributed by atoms with Crippen LogP contribution in [0.15, 0.2) is 46.1 Å². The van der Waals surface area contributed by atoms with Crippen molar-refractivity contribution in [2.24, 2.45) is 0 Å². The fraction of sp³-hybridized carbons (Fsp3) is 0.474. The highest BCUT2D eigenvalue weighted by Crippen LogP contribution is 2.38. The van der Waals surface area contributed by atoms with E-state index in [0.29, 0.717) is 5.92 Å². The minimum Gasteiger partial charge on any atom is -0.268 e. The Hall–Kier alpha value is -1.99. The lowest BCUT2D eigenvalue weighted by molar-refractivity contribution is 0.540. The van der Waals surface area contributed by atoms with Gasteiger partial charge in [-0.2, -0.15) is 5.10 Å². The predicted molar refractivity (Wildman–Crippen MR) is 101 cm³/mol. The molecule has 1 fully saturated rings. The maximum Gasteiger partial charge on any atom is 0.266 e. The number of nitrogens with one attached hydrogen (secondary N) is 1. The van der Waals surface area contributed by atoms with Crippen molar-refractivity contribution in [2.45, 2.75) is 56.4 Å². The molecule has 140 valence electrons. The topological polar surface area (TPSA) is 81.1 Å². The Bertz CT molecular complexity index is 937. The maximum absolute atomic E-state index is 12.4. The van der Waals surface area contributed by atoms with Crippen LogP contribution in [0.1, 0.15) is 50.8 Å². The highest BCUT2D eigenvalue weighted by molar-refractivity contribution is 7.89. The van der Waals surface area contributed by atoms with Crippen LogP contribution in [0.4, 0.5) is 0 Å². The number of benzene rings is 1. The van der Waals surface area contributed by atoms with Crippen LogP contribution in [0.25, 0.3) is 0 Å². The third-order valence-electron chi connectivity index (χ3n) is 4.53. The third-order valence-corrected chi connectivity index (χ3v) is 6.01. The van der Waals surface area contributed by atoms with Gasteiger partial charge < -0.3 is 0 Å². The van der Waals surface area contributed by atoms with Crippen molar-refractivity contribution in [3.05, 3.63) is 58.0 Å². The lowest BCUT2D eigenvalue weighted by Crippen LogP contribution is -2.32. The van der Waals surface area contributed by atoms with E-state index in [2.05, 4.69) is 30.6 Å². The van der Waals surface area contributed by atoms with Crippen LogP contribution in [0.5, 0.6) is 0 Å². The van der Waals surface area contributed by atoms with Crippen molar-refractivity contribution >= 4 is 10.0 Å². The summed E-state index contributed by atoms with van der Waals surface area (Å²) in [7, 11) is -3.61. The first-order valence-corrected chi connectivity index (χ1v) is 10.3. The van der Waals surface area contributed by atoms with Gasteiger partial charge in [0.25, 0.3) is 5.56 Å². The Kier molecular flexibility index (Phi) is 5.03. The highest BCUT2D eigenvalue weighted by atomic mass is 32.2. The van der Waals surface area contributed by atoms with Crippen LogP contribution >= 0.6 is 0 Å². The molecule has 1 N–H and O–H groups in total. The summed E-state index contributed by atoms with van der Waals surface area (Å²) in [4.78, 5) is 12.1. The van der Waals surface area contributed by atoms with Gasteiger partial charge in [0.05, 0.1) is 17.1 Å². The monoisotopic (exact) mass is 375 g/mol. The first-order valence-electron chi connectivity index (χ1n) is 8.85. The van der Waals surface area contributed by atoms with Gasteiger partial charge in [0.2, 0.25) is 10.0 Å². The molecule has 0 aliphatic heterocycles. The van der Waals surface area contributed by atoms with Crippen molar-refractivity contribution in [3.63, 3.8) is 0 Å². The molecule has 0 saturated heterocycles. The van der Waals surface area contributed by atoms with Crippen LogP contribution in [-0.2, 0) is 22.0 Å². The summed E-state index contributed by atoms with van der Waals surface area (Å²) in [5.74, 6) is 0.444. The molecule has 1 saturated carbocycles. The van der Waals surface area contributed by atoms with Gasteiger partial charge in [0, 0.05) is 18.5 Å². The van der Waals surface area contributed by atoms with Crippen molar-refractivity contribution in [2.75, 3.05) is 6.54 Å². The van der Waals surface area contributed by atoms with E-state index in [4.69, 9.17) is 0 Å². The number of hydrogen-bond donors (Lipinski definition) is 1. The lowest BCUT2D eigenvalue weighted by atomic mass is 9.87. The summed E-state index contributed by atoms with van der Waals surface area (Å²) < 4.78 is 28.7. The van der Waals surface area contributed by atoms with E-state index in [9.17, 15) is 13.2 Å². The normalized spacial score (nSPS) is 15.2. The van der Waals surface area contributed by atoms with Gasteiger partial charge in [-0.15, -0.1) is 0 Å². The summed E-state index contributed by atoms with van der Waals surface area (Å²) in [6, 6.07) is 10.2. The van der Waals surface area contributed by atoms with Crippen LogP contribution < -0.4 is 10.3 Å². The Morgan fingerprint density at radius 3 is 2.35 bits per heavy atom. The van der Waals surface area contributed by atoms with Crippen molar-refractivity contribution in [1.82, 2.24) is 14.5 Å². The molecular formula is C19H25N3O3S. The molecule has 1 aromatic carbocycles. The van der Waals surface area contributed by atoms with E-state index in [1.165, 1.54) is 10.7 Å². The zero-order chi connectivity index (χ0) is 18.9. The Morgan fingerprint density at radius 1 is 1.12 bits per heavy atom. The van der Waals surface area contributed by atoms with Gasteiger partial charge in [-0.25, -0.2) is 17.8 Å². The fourth-order valence-electron chi connectivity index (χ4n) is 2.73. The molecule has 2 aromatic rings. The predicted octanol–water partition coefficient (Wildman–Crippen LogP) is 2.40. The largest absolute Gasteiger partial charge is 0.268 e. The number of sulfonamides is 1. The highest BCUT2D eigenvalue weighted by Gasteiger charge is 2.25. The molecule has 1 aliphatic rings. The van der Waals surface area contributed by atoms with Crippen LogP contribution in [0.3, 0.4) is 0 Å². The number of rotatable bonds is 6. The molecule has 1 aromatic heterocycles. The zero-order valence-corrected chi connectivity index (χ0v) is 16.2. The summed E-state index contributed by atoms with van der Waals surface area (Å²) >= 11 is 0. The van der Waals surface area contributed by atoms with Gasteiger partial charge in [0.15, 0.2) is 0 Å². The maximum atomic E-state index is 12.4. The smallest absolute Gasteiger partial charge is 0.266 e. The molecule has 6 nitrogen and oxygen atoms in total. The second-order valence-corrected chi connectivity index (χ2v) is 9.53. The van der Waals surface area contributed by atoms with Gasteiger partial charge >= 0.3 is 0 Å².